The second-order valence-electron chi connectivity index (χ2n) is 6.12. The molecule has 8 heteroatoms. The molecule has 0 unspecified atom stereocenters. The molecule has 1 N–H and O–H groups in total. The predicted molar refractivity (Wildman–Crippen MR) is 96.5 cm³/mol. The first-order valence-electron chi connectivity index (χ1n) is 8.16. The van der Waals surface area contributed by atoms with E-state index >= 15 is 0 Å². The molecule has 132 valence electrons. The van der Waals surface area contributed by atoms with Crippen molar-refractivity contribution in [1.82, 2.24) is 15.2 Å². The van der Waals surface area contributed by atoms with Crippen molar-refractivity contribution in [2.24, 2.45) is 5.92 Å². The Morgan fingerprint density at radius 1 is 1.36 bits per heavy atom. The fraction of sp³-hybridized carbons (Fsp3) is 0.412. The Balaban J connectivity index is 1.79. The van der Waals surface area contributed by atoms with Crippen LogP contribution in [-0.4, -0.2) is 41.3 Å². The lowest BCUT2D eigenvalue weighted by Crippen LogP contribution is -2.34. The monoisotopic (exact) mass is 361 g/mol. The number of rotatable bonds is 4. The smallest absolute Gasteiger partial charge is 0.337 e. The lowest BCUT2D eigenvalue weighted by Gasteiger charge is -2.29. The van der Waals surface area contributed by atoms with Crippen molar-refractivity contribution in [2.75, 3.05) is 30.4 Å². The van der Waals surface area contributed by atoms with Crippen LogP contribution in [0.3, 0.4) is 0 Å². The van der Waals surface area contributed by atoms with Crippen molar-refractivity contribution in [3.05, 3.63) is 35.0 Å². The molecule has 0 atom stereocenters. The fourth-order valence-electron chi connectivity index (χ4n) is 2.70. The Morgan fingerprint density at radius 2 is 2.12 bits per heavy atom. The molecule has 3 rings (SSSR count). The molecule has 1 fully saturated rings. The maximum atomic E-state index is 11.7. The quantitative estimate of drug-likeness (QED) is 0.837. The summed E-state index contributed by atoms with van der Waals surface area (Å²) in [5, 5.41) is 11.7. The highest BCUT2D eigenvalue weighted by Gasteiger charge is 2.19. The van der Waals surface area contributed by atoms with Crippen LogP contribution < -0.4 is 10.2 Å². The number of carbonyl (C=O) groups excluding carboxylic acids is 1. The number of halogens is 1. The molecule has 1 aromatic carbocycles. The molecule has 0 aliphatic carbocycles. The summed E-state index contributed by atoms with van der Waals surface area (Å²) in [7, 11) is 1.34. The van der Waals surface area contributed by atoms with Gasteiger partial charge >= 0.3 is 5.97 Å². The molecule has 1 aliphatic heterocycles. The van der Waals surface area contributed by atoms with Gasteiger partial charge in [-0.1, -0.05) is 18.5 Å². The Bertz CT molecular complexity index is 762. The molecule has 2 aromatic rings. The normalized spacial score (nSPS) is 15.1. The van der Waals surface area contributed by atoms with Crippen LogP contribution in [0.25, 0.3) is 0 Å². The number of benzene rings is 1. The molecule has 25 heavy (non-hydrogen) atoms. The molecule has 0 bridgehead atoms. The molecule has 0 spiro atoms. The first kappa shape index (κ1) is 17.4. The maximum Gasteiger partial charge on any atom is 0.337 e. The number of methoxy groups -OCH3 is 1. The zero-order valence-corrected chi connectivity index (χ0v) is 15.0. The second kappa shape index (κ2) is 7.65. The van der Waals surface area contributed by atoms with Crippen molar-refractivity contribution in [1.29, 1.82) is 0 Å². The van der Waals surface area contributed by atoms with E-state index in [1.54, 1.807) is 18.2 Å². The van der Waals surface area contributed by atoms with E-state index in [0.29, 0.717) is 28.0 Å². The van der Waals surface area contributed by atoms with Crippen molar-refractivity contribution in [3.8, 4) is 0 Å². The highest BCUT2D eigenvalue weighted by Crippen LogP contribution is 2.27. The highest BCUT2D eigenvalue weighted by molar-refractivity contribution is 6.33. The average molecular weight is 362 g/mol. The lowest BCUT2D eigenvalue weighted by atomic mass is 10.00. The maximum absolute atomic E-state index is 11.7. The third-order valence-electron chi connectivity index (χ3n) is 4.26. The van der Waals surface area contributed by atoms with Gasteiger partial charge in [0.05, 0.1) is 29.6 Å². The van der Waals surface area contributed by atoms with Crippen LogP contribution in [0.1, 0.15) is 30.1 Å². The number of carbonyl (C=O) groups is 1. The molecule has 2 heterocycles. The highest BCUT2D eigenvalue weighted by atomic mass is 35.5. The summed E-state index contributed by atoms with van der Waals surface area (Å²) in [6, 6.07) is 4.87. The van der Waals surface area contributed by atoms with E-state index in [-0.39, 0.29) is 0 Å². The van der Waals surface area contributed by atoms with Gasteiger partial charge in [0.2, 0.25) is 5.95 Å². The standard InChI is InChI=1S/C17H20ClN5O2/c1-11-5-7-23(8-6-11)17-21-15(10-19-22-17)20-14-9-12(16(24)25-2)3-4-13(14)18/h3-4,9-11H,5-8H2,1-2H3,(H,20,21,22). The van der Waals surface area contributed by atoms with E-state index in [4.69, 9.17) is 16.3 Å². The summed E-state index contributed by atoms with van der Waals surface area (Å²) in [5.74, 6) is 1.42. The summed E-state index contributed by atoms with van der Waals surface area (Å²) in [6.45, 7) is 4.10. The number of piperidine rings is 1. The summed E-state index contributed by atoms with van der Waals surface area (Å²) >= 11 is 6.21. The van der Waals surface area contributed by atoms with Gasteiger partial charge in [-0.05, 0) is 37.0 Å². The average Bonchev–Trinajstić information content (AvgIpc) is 2.64. The molecule has 1 saturated heterocycles. The van der Waals surface area contributed by atoms with Gasteiger partial charge in [0.15, 0.2) is 5.82 Å². The largest absolute Gasteiger partial charge is 0.465 e. The van der Waals surface area contributed by atoms with Gasteiger partial charge in [0.25, 0.3) is 0 Å². The van der Waals surface area contributed by atoms with Crippen LogP contribution in [0.5, 0.6) is 0 Å². The van der Waals surface area contributed by atoms with Gasteiger partial charge in [-0.25, -0.2) is 4.79 Å². The minimum atomic E-state index is -0.427. The molecule has 0 radical (unpaired) electrons. The Kier molecular flexibility index (Phi) is 5.33. The Labute approximate surface area is 151 Å². The number of hydrogen-bond acceptors (Lipinski definition) is 7. The number of ether oxygens (including phenoxy) is 1. The number of anilines is 3. The second-order valence-corrected chi connectivity index (χ2v) is 6.53. The summed E-state index contributed by atoms with van der Waals surface area (Å²) in [6.07, 6.45) is 3.76. The van der Waals surface area contributed by atoms with E-state index in [2.05, 4.69) is 32.3 Å². The SMILES string of the molecule is COC(=O)c1ccc(Cl)c(Nc2cnnc(N3CCC(C)CC3)n2)c1. The predicted octanol–water partition coefficient (Wildman–Crippen LogP) is 3.29. The number of nitrogens with one attached hydrogen (secondary N) is 1. The molecule has 0 saturated carbocycles. The minimum absolute atomic E-state index is 0.404. The Morgan fingerprint density at radius 3 is 2.84 bits per heavy atom. The van der Waals surface area contributed by atoms with E-state index in [0.717, 1.165) is 31.8 Å². The van der Waals surface area contributed by atoms with E-state index in [1.807, 2.05) is 0 Å². The number of nitrogens with zero attached hydrogens (tertiary/aromatic N) is 4. The topological polar surface area (TPSA) is 80.2 Å². The van der Waals surface area contributed by atoms with E-state index in [9.17, 15) is 4.79 Å². The van der Waals surface area contributed by atoms with Gasteiger partial charge in [-0.15, -0.1) is 5.10 Å². The van der Waals surface area contributed by atoms with Crippen LogP contribution in [-0.2, 0) is 4.74 Å². The van der Waals surface area contributed by atoms with Crippen molar-refractivity contribution in [3.63, 3.8) is 0 Å². The third-order valence-corrected chi connectivity index (χ3v) is 4.59. The van der Waals surface area contributed by atoms with Gasteiger partial charge in [-0.2, -0.15) is 10.1 Å². The number of esters is 1. The molecule has 0 amide bonds. The van der Waals surface area contributed by atoms with Crippen molar-refractivity contribution < 1.29 is 9.53 Å². The van der Waals surface area contributed by atoms with Crippen LogP contribution in [0.15, 0.2) is 24.4 Å². The molecule has 1 aliphatic rings. The molecular formula is C17H20ClN5O2. The zero-order valence-electron chi connectivity index (χ0n) is 14.2. The van der Waals surface area contributed by atoms with Gasteiger partial charge in [0, 0.05) is 13.1 Å². The third kappa shape index (κ3) is 4.17. The van der Waals surface area contributed by atoms with E-state index in [1.165, 1.54) is 13.3 Å². The van der Waals surface area contributed by atoms with Crippen molar-refractivity contribution in [2.45, 2.75) is 19.8 Å². The van der Waals surface area contributed by atoms with Gasteiger partial charge in [0.1, 0.15) is 0 Å². The number of hydrogen-bond donors (Lipinski definition) is 1. The van der Waals surface area contributed by atoms with Crippen molar-refractivity contribution >= 4 is 35.0 Å². The molecule has 7 nitrogen and oxygen atoms in total. The first-order chi connectivity index (χ1) is 12.1. The Hall–Kier alpha value is -2.41. The molecular weight excluding hydrogens is 342 g/mol. The van der Waals surface area contributed by atoms with Crippen LogP contribution in [0.4, 0.5) is 17.5 Å². The van der Waals surface area contributed by atoms with Gasteiger partial charge in [-0.3, -0.25) is 0 Å². The van der Waals surface area contributed by atoms with Crippen LogP contribution in [0.2, 0.25) is 5.02 Å². The summed E-state index contributed by atoms with van der Waals surface area (Å²) < 4.78 is 4.73. The van der Waals surface area contributed by atoms with Crippen LogP contribution in [0, 0.1) is 5.92 Å². The molecule has 1 aromatic heterocycles. The summed E-state index contributed by atoms with van der Waals surface area (Å²) in [4.78, 5) is 18.3. The fourth-order valence-corrected chi connectivity index (χ4v) is 2.87. The van der Waals surface area contributed by atoms with E-state index < -0.39 is 5.97 Å². The lowest BCUT2D eigenvalue weighted by molar-refractivity contribution is 0.0601. The first-order valence-corrected chi connectivity index (χ1v) is 8.54. The van der Waals surface area contributed by atoms with Crippen LogP contribution >= 0.6 is 11.6 Å². The number of aromatic nitrogens is 3. The van der Waals surface area contributed by atoms with Gasteiger partial charge < -0.3 is 15.0 Å². The summed E-state index contributed by atoms with van der Waals surface area (Å²) in [5.41, 5.74) is 0.963. The minimum Gasteiger partial charge on any atom is -0.465 e. The zero-order chi connectivity index (χ0) is 17.8.